The van der Waals surface area contributed by atoms with Gasteiger partial charge in [0.25, 0.3) is 0 Å². The largest absolute Gasteiger partial charge is 0.394 e. The number of hydrogen-bond acceptors (Lipinski definition) is 4. The minimum absolute atomic E-state index is 0.0595. The monoisotopic (exact) mass is 394 g/mol. The Labute approximate surface area is 164 Å². The molecule has 0 radical (unpaired) electrons. The number of nitrogens with one attached hydrogen (secondary N) is 2. The van der Waals surface area contributed by atoms with Crippen molar-refractivity contribution in [2.75, 3.05) is 6.61 Å². The topological polar surface area (TPSA) is 87.7 Å². The Morgan fingerprint density at radius 3 is 2.63 bits per heavy atom. The summed E-state index contributed by atoms with van der Waals surface area (Å²) < 4.78 is 5.88. The molecule has 0 aromatic heterocycles. The lowest BCUT2D eigenvalue weighted by Gasteiger charge is -2.37. The summed E-state index contributed by atoms with van der Waals surface area (Å²) in [6.45, 7) is 0.197. The molecule has 0 bridgehead atoms. The van der Waals surface area contributed by atoms with Crippen LogP contribution in [-0.2, 0) is 20.9 Å². The van der Waals surface area contributed by atoms with Crippen LogP contribution in [0.2, 0.25) is 5.02 Å². The van der Waals surface area contributed by atoms with Crippen LogP contribution in [0.5, 0.6) is 0 Å². The normalized spacial score (nSPS) is 25.5. The molecular weight excluding hydrogens is 368 g/mol. The van der Waals surface area contributed by atoms with E-state index in [-0.39, 0.29) is 42.9 Å². The summed E-state index contributed by atoms with van der Waals surface area (Å²) >= 11 is 6.09. The molecule has 148 valence electrons. The van der Waals surface area contributed by atoms with E-state index in [9.17, 15) is 14.7 Å². The highest BCUT2D eigenvalue weighted by Crippen LogP contribution is 2.28. The second kappa shape index (κ2) is 9.53. The Kier molecular flexibility index (Phi) is 7.10. The molecule has 0 spiro atoms. The highest BCUT2D eigenvalue weighted by Gasteiger charge is 2.35. The molecule has 6 nitrogen and oxygen atoms in total. The third-order valence-electron chi connectivity index (χ3n) is 5.45. The first-order valence-corrected chi connectivity index (χ1v) is 10.0. The number of rotatable bonds is 7. The second-order valence-electron chi connectivity index (χ2n) is 7.37. The van der Waals surface area contributed by atoms with E-state index in [0.717, 1.165) is 24.8 Å². The average Bonchev–Trinajstić information content (AvgIpc) is 2.60. The number of carbonyl (C=O) groups excluding carboxylic acids is 2. The van der Waals surface area contributed by atoms with Crippen molar-refractivity contribution in [2.24, 2.45) is 5.92 Å². The fourth-order valence-electron chi connectivity index (χ4n) is 3.53. The van der Waals surface area contributed by atoms with Crippen molar-refractivity contribution >= 4 is 23.4 Å². The van der Waals surface area contributed by atoms with E-state index >= 15 is 0 Å². The van der Waals surface area contributed by atoms with Gasteiger partial charge in [0.15, 0.2) is 0 Å². The summed E-state index contributed by atoms with van der Waals surface area (Å²) in [5.74, 6) is 0.0513. The van der Waals surface area contributed by atoms with Crippen LogP contribution in [0, 0.1) is 5.92 Å². The fraction of sp³-hybridized carbons (Fsp3) is 0.600. The zero-order valence-corrected chi connectivity index (χ0v) is 16.1. The highest BCUT2D eigenvalue weighted by molar-refractivity contribution is 6.31. The molecule has 7 heteroatoms. The fourth-order valence-corrected chi connectivity index (χ4v) is 3.74. The minimum atomic E-state index is -0.468. The molecule has 2 amide bonds. The van der Waals surface area contributed by atoms with Crippen LogP contribution in [0.25, 0.3) is 0 Å². The number of benzene rings is 1. The van der Waals surface area contributed by atoms with Crippen LogP contribution < -0.4 is 10.6 Å². The summed E-state index contributed by atoms with van der Waals surface area (Å²) in [4.78, 5) is 24.4. The van der Waals surface area contributed by atoms with Gasteiger partial charge in [-0.3, -0.25) is 9.59 Å². The number of ether oxygens (including phenoxy) is 1. The van der Waals surface area contributed by atoms with Gasteiger partial charge in [-0.1, -0.05) is 36.2 Å². The van der Waals surface area contributed by atoms with Gasteiger partial charge >= 0.3 is 0 Å². The van der Waals surface area contributed by atoms with Crippen molar-refractivity contribution < 1.29 is 19.4 Å². The molecule has 0 unspecified atom stereocenters. The van der Waals surface area contributed by atoms with Crippen LogP contribution in [0.3, 0.4) is 0 Å². The molecule has 3 N–H and O–H groups in total. The SMILES string of the molecule is O=C(C[C@H]1CC[C@H](NC(=O)C2CCC2)[C@@H](CO)O1)NCc1ccccc1Cl. The highest BCUT2D eigenvalue weighted by atomic mass is 35.5. The van der Waals surface area contributed by atoms with Gasteiger partial charge in [-0.05, 0) is 37.3 Å². The lowest BCUT2D eigenvalue weighted by atomic mass is 9.84. The van der Waals surface area contributed by atoms with Crippen LogP contribution in [0.1, 0.15) is 44.1 Å². The standard InChI is InChI=1S/C20H27ClN2O4/c21-16-7-2-1-4-14(16)11-22-19(25)10-15-8-9-17(18(12-24)27-15)23-20(26)13-5-3-6-13/h1-2,4,7,13,15,17-18,24H,3,5-6,8-12H2,(H,22,25)(H,23,26)/t15-,17+,18-/m1/s1. The van der Waals surface area contributed by atoms with Crippen molar-refractivity contribution in [3.63, 3.8) is 0 Å². The quantitative estimate of drug-likeness (QED) is 0.661. The van der Waals surface area contributed by atoms with E-state index in [4.69, 9.17) is 16.3 Å². The van der Waals surface area contributed by atoms with Gasteiger partial charge in [-0.2, -0.15) is 0 Å². The van der Waals surface area contributed by atoms with E-state index < -0.39 is 6.10 Å². The second-order valence-corrected chi connectivity index (χ2v) is 7.78. The van der Waals surface area contributed by atoms with Gasteiger partial charge in [0.1, 0.15) is 6.10 Å². The molecule has 2 fully saturated rings. The Bertz CT molecular complexity index is 665. The van der Waals surface area contributed by atoms with Gasteiger partial charge in [-0.25, -0.2) is 0 Å². The lowest BCUT2D eigenvalue weighted by Crippen LogP contribution is -2.53. The van der Waals surface area contributed by atoms with E-state index in [0.29, 0.717) is 24.4 Å². The van der Waals surface area contributed by atoms with Gasteiger partial charge < -0.3 is 20.5 Å². The third-order valence-corrected chi connectivity index (χ3v) is 5.81. The molecule has 3 atom stereocenters. The molecule has 1 aromatic rings. The summed E-state index contributed by atoms with van der Waals surface area (Å²) in [6.07, 6.45) is 3.86. The summed E-state index contributed by atoms with van der Waals surface area (Å²) in [5.41, 5.74) is 0.865. The van der Waals surface area contributed by atoms with Crippen molar-refractivity contribution in [3.05, 3.63) is 34.9 Å². The number of aliphatic hydroxyl groups excluding tert-OH is 1. The van der Waals surface area contributed by atoms with Gasteiger partial charge in [0.2, 0.25) is 11.8 Å². The third kappa shape index (κ3) is 5.43. The first-order chi connectivity index (χ1) is 13.1. The maximum atomic E-state index is 12.2. The Morgan fingerprint density at radius 2 is 1.96 bits per heavy atom. The van der Waals surface area contributed by atoms with Gasteiger partial charge in [0, 0.05) is 17.5 Å². The van der Waals surface area contributed by atoms with Crippen LogP contribution >= 0.6 is 11.6 Å². The van der Waals surface area contributed by atoms with Gasteiger partial charge in [-0.15, -0.1) is 0 Å². The molecular formula is C20H27ClN2O4. The predicted octanol–water partition coefficient (Wildman–Crippen LogP) is 2.17. The van der Waals surface area contributed by atoms with E-state index in [1.54, 1.807) is 6.07 Å². The summed E-state index contributed by atoms with van der Waals surface area (Å²) in [7, 11) is 0. The smallest absolute Gasteiger partial charge is 0.223 e. The zero-order valence-electron chi connectivity index (χ0n) is 15.3. The van der Waals surface area contributed by atoms with Crippen LogP contribution in [0.15, 0.2) is 24.3 Å². The Hall–Kier alpha value is -1.63. The van der Waals surface area contributed by atoms with Crippen molar-refractivity contribution in [2.45, 2.75) is 63.3 Å². The first-order valence-electron chi connectivity index (χ1n) is 9.63. The predicted molar refractivity (Wildman–Crippen MR) is 102 cm³/mol. The number of hydrogen-bond donors (Lipinski definition) is 3. The first kappa shape index (κ1) is 20.1. The van der Waals surface area contributed by atoms with Crippen molar-refractivity contribution in [3.8, 4) is 0 Å². The molecule has 27 heavy (non-hydrogen) atoms. The van der Waals surface area contributed by atoms with Gasteiger partial charge in [0.05, 0.1) is 25.2 Å². The van der Waals surface area contributed by atoms with Crippen LogP contribution in [0.4, 0.5) is 0 Å². The van der Waals surface area contributed by atoms with E-state index in [1.165, 1.54) is 0 Å². The van der Waals surface area contributed by atoms with Crippen molar-refractivity contribution in [1.29, 1.82) is 0 Å². The maximum Gasteiger partial charge on any atom is 0.223 e. The molecule has 1 heterocycles. The number of amides is 2. The molecule has 1 saturated carbocycles. The summed E-state index contributed by atoms with van der Waals surface area (Å²) in [6, 6.07) is 7.19. The molecule has 1 saturated heterocycles. The Balaban J connectivity index is 1.44. The van der Waals surface area contributed by atoms with Crippen molar-refractivity contribution in [1.82, 2.24) is 10.6 Å². The molecule has 1 aromatic carbocycles. The zero-order chi connectivity index (χ0) is 19.2. The number of carbonyl (C=O) groups is 2. The molecule has 3 rings (SSSR count). The Morgan fingerprint density at radius 1 is 1.19 bits per heavy atom. The maximum absolute atomic E-state index is 12.2. The lowest BCUT2D eigenvalue weighted by molar-refractivity contribution is -0.138. The number of halogens is 1. The molecule has 2 aliphatic rings. The van der Waals surface area contributed by atoms with E-state index in [1.807, 2.05) is 18.2 Å². The van der Waals surface area contributed by atoms with E-state index in [2.05, 4.69) is 10.6 Å². The summed E-state index contributed by atoms with van der Waals surface area (Å²) in [5, 5.41) is 16.1. The molecule has 1 aliphatic heterocycles. The molecule has 1 aliphatic carbocycles. The number of aliphatic hydroxyl groups is 1. The minimum Gasteiger partial charge on any atom is -0.394 e. The average molecular weight is 395 g/mol. The van der Waals surface area contributed by atoms with Crippen LogP contribution in [-0.4, -0.2) is 41.8 Å².